The smallest absolute Gasteiger partial charge is 0.221 e. The minimum atomic E-state index is -0.0396. The lowest BCUT2D eigenvalue weighted by Gasteiger charge is -2.05. The number of nitrogens with one attached hydrogen (secondary N) is 2. The van der Waals surface area contributed by atoms with Gasteiger partial charge in [0.2, 0.25) is 5.91 Å². The molecular weight excluding hydrogens is 212 g/mol. The van der Waals surface area contributed by atoms with Crippen LogP contribution in [0.1, 0.15) is 25.8 Å². The molecule has 2 N–H and O–H groups in total. The van der Waals surface area contributed by atoms with Gasteiger partial charge in [-0.05, 0) is 37.6 Å². The van der Waals surface area contributed by atoms with Gasteiger partial charge in [0.15, 0.2) is 0 Å². The lowest BCUT2D eigenvalue weighted by atomic mass is 10.2. The number of anilines is 1. The Morgan fingerprint density at radius 3 is 2.59 bits per heavy atom. The summed E-state index contributed by atoms with van der Waals surface area (Å²) in [5, 5.41) is 6.11. The maximum Gasteiger partial charge on any atom is 0.221 e. The number of amides is 1. The molecule has 0 radical (unpaired) electrons. The zero-order valence-electron chi connectivity index (χ0n) is 10.5. The van der Waals surface area contributed by atoms with Crippen molar-refractivity contribution in [2.24, 2.45) is 0 Å². The van der Waals surface area contributed by atoms with Gasteiger partial charge in [-0.1, -0.05) is 24.3 Å². The summed E-state index contributed by atoms with van der Waals surface area (Å²) in [5.74, 6) is -0.0396. The van der Waals surface area contributed by atoms with Crippen LogP contribution in [0.4, 0.5) is 5.69 Å². The van der Waals surface area contributed by atoms with Crippen LogP contribution in [0.5, 0.6) is 0 Å². The number of carbonyl (C=O) groups is 1. The summed E-state index contributed by atoms with van der Waals surface area (Å²) in [6.45, 7) is 5.38. The number of rotatable bonds is 6. The Morgan fingerprint density at radius 1 is 1.29 bits per heavy atom. The maximum atomic E-state index is 10.8. The van der Waals surface area contributed by atoms with E-state index in [1.807, 2.05) is 31.2 Å². The summed E-state index contributed by atoms with van der Waals surface area (Å²) in [6, 6.07) is 7.89. The standard InChI is InChI=1S/C14H20N2O/c1-3-4-5-10-15-11-13-6-8-14(9-7-13)16-12(2)17/h3-4,6-9,15H,5,10-11H2,1-2H3,(H,16,17)/b4-3+. The summed E-state index contributed by atoms with van der Waals surface area (Å²) < 4.78 is 0. The number of allylic oxidation sites excluding steroid dienone is 1. The summed E-state index contributed by atoms with van der Waals surface area (Å²) in [5.41, 5.74) is 2.06. The molecule has 0 atom stereocenters. The first-order valence-electron chi connectivity index (χ1n) is 5.91. The van der Waals surface area contributed by atoms with Gasteiger partial charge in [-0.25, -0.2) is 0 Å². The predicted molar refractivity (Wildman–Crippen MR) is 71.9 cm³/mol. The molecule has 0 aromatic heterocycles. The molecule has 0 aliphatic rings. The van der Waals surface area contributed by atoms with Gasteiger partial charge >= 0.3 is 0 Å². The maximum absolute atomic E-state index is 10.8. The molecule has 1 amide bonds. The van der Waals surface area contributed by atoms with Gasteiger partial charge in [0.05, 0.1) is 0 Å². The number of carbonyl (C=O) groups excluding carboxylic acids is 1. The number of benzene rings is 1. The Morgan fingerprint density at radius 2 is 2.00 bits per heavy atom. The molecule has 0 saturated heterocycles. The van der Waals surface area contributed by atoms with Crippen LogP contribution in [0.3, 0.4) is 0 Å². The van der Waals surface area contributed by atoms with E-state index in [2.05, 4.69) is 22.8 Å². The molecule has 1 aromatic carbocycles. The molecule has 0 bridgehead atoms. The quantitative estimate of drug-likeness (QED) is 0.585. The van der Waals surface area contributed by atoms with Crippen molar-refractivity contribution in [2.45, 2.75) is 26.8 Å². The molecule has 0 saturated carbocycles. The normalized spacial score (nSPS) is 10.7. The van der Waals surface area contributed by atoms with Crippen LogP contribution >= 0.6 is 0 Å². The van der Waals surface area contributed by atoms with Crippen molar-refractivity contribution in [2.75, 3.05) is 11.9 Å². The molecule has 3 heteroatoms. The topological polar surface area (TPSA) is 41.1 Å². The van der Waals surface area contributed by atoms with Crippen molar-refractivity contribution in [1.29, 1.82) is 0 Å². The van der Waals surface area contributed by atoms with Crippen molar-refractivity contribution < 1.29 is 4.79 Å². The molecule has 0 heterocycles. The van der Waals surface area contributed by atoms with E-state index in [1.165, 1.54) is 12.5 Å². The molecule has 0 aliphatic carbocycles. The van der Waals surface area contributed by atoms with E-state index in [4.69, 9.17) is 0 Å². The van der Waals surface area contributed by atoms with Crippen LogP contribution in [0, 0.1) is 0 Å². The Balaban J connectivity index is 2.32. The lowest BCUT2D eigenvalue weighted by Crippen LogP contribution is -2.14. The van der Waals surface area contributed by atoms with Crippen molar-refractivity contribution in [1.82, 2.24) is 5.32 Å². The highest BCUT2D eigenvalue weighted by molar-refractivity contribution is 5.88. The fourth-order valence-electron chi connectivity index (χ4n) is 1.49. The van der Waals surface area contributed by atoms with Gasteiger partial charge in [-0.3, -0.25) is 4.79 Å². The van der Waals surface area contributed by atoms with Gasteiger partial charge in [-0.2, -0.15) is 0 Å². The third-order valence-electron chi connectivity index (χ3n) is 2.33. The SMILES string of the molecule is C/C=C/CCNCc1ccc(NC(C)=O)cc1. The average molecular weight is 232 g/mol. The Bertz CT molecular complexity index is 368. The largest absolute Gasteiger partial charge is 0.326 e. The van der Waals surface area contributed by atoms with E-state index in [1.54, 1.807) is 0 Å². The second-order valence-electron chi connectivity index (χ2n) is 3.91. The van der Waals surface area contributed by atoms with E-state index in [-0.39, 0.29) is 5.91 Å². The van der Waals surface area contributed by atoms with E-state index in [9.17, 15) is 4.79 Å². The van der Waals surface area contributed by atoms with E-state index >= 15 is 0 Å². The zero-order chi connectivity index (χ0) is 12.5. The number of hydrogen-bond acceptors (Lipinski definition) is 2. The van der Waals surface area contributed by atoms with Crippen LogP contribution in [-0.2, 0) is 11.3 Å². The first-order chi connectivity index (χ1) is 8.22. The third kappa shape index (κ3) is 5.88. The van der Waals surface area contributed by atoms with Gasteiger partial charge < -0.3 is 10.6 Å². The van der Waals surface area contributed by atoms with Gasteiger partial charge in [0, 0.05) is 19.2 Å². The Kier molecular flexibility index (Phi) is 6.04. The summed E-state index contributed by atoms with van der Waals surface area (Å²) in [7, 11) is 0. The van der Waals surface area contributed by atoms with Gasteiger partial charge in [0.25, 0.3) is 0 Å². The van der Waals surface area contributed by atoms with Gasteiger partial charge in [-0.15, -0.1) is 0 Å². The molecule has 1 rings (SSSR count). The highest BCUT2D eigenvalue weighted by Gasteiger charge is 1.96. The monoisotopic (exact) mass is 232 g/mol. The molecule has 0 fully saturated rings. The van der Waals surface area contributed by atoms with Crippen molar-refractivity contribution in [3.63, 3.8) is 0 Å². The highest BCUT2D eigenvalue weighted by Crippen LogP contribution is 2.09. The van der Waals surface area contributed by atoms with E-state index in [0.717, 1.165) is 25.2 Å². The lowest BCUT2D eigenvalue weighted by molar-refractivity contribution is -0.114. The van der Waals surface area contributed by atoms with Gasteiger partial charge in [0.1, 0.15) is 0 Å². The van der Waals surface area contributed by atoms with Crippen molar-refractivity contribution in [3.8, 4) is 0 Å². The van der Waals surface area contributed by atoms with Crippen molar-refractivity contribution >= 4 is 11.6 Å². The first kappa shape index (κ1) is 13.5. The predicted octanol–water partition coefficient (Wildman–Crippen LogP) is 2.70. The van der Waals surface area contributed by atoms with Crippen LogP contribution < -0.4 is 10.6 Å². The average Bonchev–Trinajstić information content (AvgIpc) is 2.30. The van der Waals surface area contributed by atoms with Crippen LogP contribution in [0.2, 0.25) is 0 Å². The molecule has 92 valence electrons. The Labute approximate surface area is 103 Å². The molecule has 17 heavy (non-hydrogen) atoms. The van der Waals surface area contributed by atoms with Crippen LogP contribution in [0.25, 0.3) is 0 Å². The second kappa shape index (κ2) is 7.63. The minimum absolute atomic E-state index is 0.0396. The summed E-state index contributed by atoms with van der Waals surface area (Å²) >= 11 is 0. The summed E-state index contributed by atoms with van der Waals surface area (Å²) in [4.78, 5) is 10.8. The fourth-order valence-corrected chi connectivity index (χ4v) is 1.49. The molecule has 0 unspecified atom stereocenters. The summed E-state index contributed by atoms with van der Waals surface area (Å²) in [6.07, 6.45) is 5.26. The highest BCUT2D eigenvalue weighted by atomic mass is 16.1. The third-order valence-corrected chi connectivity index (χ3v) is 2.33. The number of hydrogen-bond donors (Lipinski definition) is 2. The zero-order valence-corrected chi connectivity index (χ0v) is 10.5. The molecular formula is C14H20N2O. The van der Waals surface area contributed by atoms with Crippen LogP contribution in [0.15, 0.2) is 36.4 Å². The molecule has 0 aliphatic heterocycles. The van der Waals surface area contributed by atoms with Crippen LogP contribution in [-0.4, -0.2) is 12.5 Å². The molecule has 1 aromatic rings. The molecule has 3 nitrogen and oxygen atoms in total. The van der Waals surface area contributed by atoms with Crippen molar-refractivity contribution in [3.05, 3.63) is 42.0 Å². The first-order valence-corrected chi connectivity index (χ1v) is 5.91. The second-order valence-corrected chi connectivity index (χ2v) is 3.91. The fraction of sp³-hybridized carbons (Fsp3) is 0.357. The molecule has 0 spiro atoms. The Hall–Kier alpha value is -1.61. The van der Waals surface area contributed by atoms with E-state index in [0.29, 0.717) is 0 Å². The minimum Gasteiger partial charge on any atom is -0.326 e. The van der Waals surface area contributed by atoms with E-state index < -0.39 is 0 Å².